The van der Waals surface area contributed by atoms with Gasteiger partial charge in [0.2, 0.25) is 0 Å². The van der Waals surface area contributed by atoms with E-state index >= 15 is 0 Å². The van der Waals surface area contributed by atoms with Gasteiger partial charge in [0, 0.05) is 48.2 Å². The van der Waals surface area contributed by atoms with Crippen molar-refractivity contribution in [2.24, 2.45) is 0 Å². The molecule has 0 amide bonds. The molecule has 0 bridgehead atoms. The first-order valence-corrected chi connectivity index (χ1v) is 19.5. The van der Waals surface area contributed by atoms with Crippen molar-refractivity contribution in [1.29, 1.82) is 0 Å². The van der Waals surface area contributed by atoms with E-state index in [1.165, 1.54) is 53.6 Å². The normalized spacial score (nSPS) is 11.8. The third-order valence-electron chi connectivity index (χ3n) is 10.9. The van der Waals surface area contributed by atoms with Gasteiger partial charge in [0.15, 0.2) is 0 Å². The third kappa shape index (κ3) is 5.24. The zero-order valence-corrected chi connectivity index (χ0v) is 30.6. The Balaban J connectivity index is 1.15. The van der Waals surface area contributed by atoms with Crippen molar-refractivity contribution in [3.05, 3.63) is 200 Å². The van der Waals surface area contributed by atoms with Crippen LogP contribution in [0.2, 0.25) is 0 Å². The summed E-state index contributed by atoms with van der Waals surface area (Å²) in [6.07, 6.45) is 0. The minimum Gasteiger partial charge on any atom is -0.456 e. The van der Waals surface area contributed by atoms with Gasteiger partial charge in [-0.25, -0.2) is 0 Å². The van der Waals surface area contributed by atoms with Gasteiger partial charge in [-0.1, -0.05) is 146 Å². The number of hydrogen-bond donors (Lipinski definition) is 0. The molecule has 1 aliphatic heterocycles. The largest absolute Gasteiger partial charge is 0.456 e. The van der Waals surface area contributed by atoms with E-state index in [4.69, 9.17) is 4.74 Å². The molecular formula is C52H33NOS. The Bertz CT molecular complexity index is 3070. The Morgan fingerprint density at radius 1 is 0.382 bits per heavy atom. The maximum absolute atomic E-state index is 6.83. The lowest BCUT2D eigenvalue weighted by Crippen LogP contribution is -2.10. The van der Waals surface area contributed by atoms with Crippen LogP contribution in [0.25, 0.3) is 75.5 Å². The van der Waals surface area contributed by atoms with Gasteiger partial charge in [-0.15, -0.1) is 11.3 Å². The van der Waals surface area contributed by atoms with Gasteiger partial charge in [-0.3, -0.25) is 0 Å². The molecule has 0 unspecified atom stereocenters. The van der Waals surface area contributed by atoms with Gasteiger partial charge in [-0.05, 0) is 93.2 Å². The second-order valence-corrected chi connectivity index (χ2v) is 15.1. The molecule has 0 radical (unpaired) electrons. The van der Waals surface area contributed by atoms with Crippen molar-refractivity contribution in [1.82, 2.24) is 0 Å². The minimum absolute atomic E-state index is 0.860. The van der Waals surface area contributed by atoms with Crippen LogP contribution in [0.15, 0.2) is 200 Å². The second-order valence-electron chi connectivity index (χ2n) is 14.0. The van der Waals surface area contributed by atoms with Crippen LogP contribution in [0.5, 0.6) is 11.5 Å². The molecule has 0 fully saturated rings. The predicted octanol–water partition coefficient (Wildman–Crippen LogP) is 15.5. The summed E-state index contributed by atoms with van der Waals surface area (Å²) < 4.78 is 9.39. The quantitative estimate of drug-likeness (QED) is 0.176. The van der Waals surface area contributed by atoms with E-state index in [0.29, 0.717) is 0 Å². The fourth-order valence-corrected chi connectivity index (χ4v) is 9.54. The first-order chi connectivity index (χ1) is 27.3. The van der Waals surface area contributed by atoms with Crippen molar-refractivity contribution >= 4 is 59.3 Å². The molecule has 0 atom stereocenters. The van der Waals surface area contributed by atoms with Gasteiger partial charge in [0.1, 0.15) is 11.5 Å². The fourth-order valence-electron chi connectivity index (χ4n) is 8.41. The average Bonchev–Trinajstić information content (AvgIpc) is 3.57. The number of benzene rings is 9. The third-order valence-corrected chi connectivity index (χ3v) is 12.0. The number of fused-ring (bicyclic) bond motifs is 10. The minimum atomic E-state index is 0.860. The maximum atomic E-state index is 6.83. The highest BCUT2D eigenvalue weighted by Gasteiger charge is 2.26. The molecule has 3 heteroatoms. The molecule has 9 aromatic carbocycles. The molecular weight excluding hydrogens is 687 g/mol. The van der Waals surface area contributed by atoms with E-state index < -0.39 is 0 Å². The molecule has 11 rings (SSSR count). The highest BCUT2D eigenvalue weighted by Crippen LogP contribution is 2.53. The van der Waals surface area contributed by atoms with E-state index in [1.807, 2.05) is 11.3 Å². The van der Waals surface area contributed by atoms with Crippen LogP contribution in [-0.2, 0) is 0 Å². The number of anilines is 3. The molecule has 55 heavy (non-hydrogen) atoms. The first kappa shape index (κ1) is 31.6. The predicted molar refractivity (Wildman–Crippen MR) is 233 cm³/mol. The highest BCUT2D eigenvalue weighted by atomic mass is 32.1. The molecule has 258 valence electrons. The zero-order valence-electron chi connectivity index (χ0n) is 29.8. The lowest BCUT2D eigenvalue weighted by molar-refractivity contribution is 0.488. The summed E-state index contributed by atoms with van der Waals surface area (Å²) in [7, 11) is 0. The van der Waals surface area contributed by atoms with E-state index in [1.54, 1.807) is 0 Å². The van der Waals surface area contributed by atoms with Crippen molar-refractivity contribution < 1.29 is 4.74 Å². The Kier molecular flexibility index (Phi) is 7.39. The van der Waals surface area contributed by atoms with Gasteiger partial charge in [0.25, 0.3) is 0 Å². The van der Waals surface area contributed by atoms with Gasteiger partial charge in [-0.2, -0.15) is 0 Å². The molecule has 0 aliphatic carbocycles. The van der Waals surface area contributed by atoms with Crippen LogP contribution in [0, 0.1) is 0 Å². The number of hydrogen-bond acceptors (Lipinski definition) is 3. The Morgan fingerprint density at radius 3 is 1.95 bits per heavy atom. The van der Waals surface area contributed by atoms with Gasteiger partial charge in [0.05, 0.1) is 5.69 Å². The van der Waals surface area contributed by atoms with Crippen LogP contribution in [0.4, 0.5) is 17.1 Å². The van der Waals surface area contributed by atoms with E-state index in [0.717, 1.165) is 50.5 Å². The number of ether oxygens (including phenoxy) is 1. The Hall–Kier alpha value is -6.94. The van der Waals surface area contributed by atoms with E-state index in [2.05, 4.69) is 205 Å². The number of nitrogens with zero attached hydrogens (tertiary/aromatic N) is 1. The van der Waals surface area contributed by atoms with E-state index in [9.17, 15) is 0 Å². The SMILES string of the molecule is c1ccc(-c2cccc(N(c3ccc4c5c(ccc4c3)Oc3ccccc3-c3c(-c4ccccc4)cccc3-5)c3cccc4sc5ccccc5c34)c2)cc1. The Morgan fingerprint density at radius 2 is 1.05 bits per heavy atom. The summed E-state index contributed by atoms with van der Waals surface area (Å²) in [5, 5.41) is 4.84. The summed E-state index contributed by atoms with van der Waals surface area (Å²) in [6.45, 7) is 0. The lowest BCUT2D eigenvalue weighted by Gasteiger charge is -2.27. The van der Waals surface area contributed by atoms with Crippen molar-refractivity contribution in [2.45, 2.75) is 0 Å². The standard InChI is InChI=1S/C52H33NOS/c1-3-14-34(15-4-1)36-18-11-19-38(32-36)53(45-24-13-27-49-52(45)43-21-8-10-26-48(43)55-49)39-29-30-41-37(33-39)28-31-47-51(41)44-23-12-22-40(35-16-5-2-6-17-35)50(44)42-20-7-9-25-46(42)54-47/h1-33H. The van der Waals surface area contributed by atoms with Gasteiger partial charge >= 0.3 is 0 Å². The van der Waals surface area contributed by atoms with E-state index in [-0.39, 0.29) is 0 Å². The summed E-state index contributed by atoms with van der Waals surface area (Å²) >= 11 is 1.85. The van der Waals surface area contributed by atoms with Crippen molar-refractivity contribution in [3.63, 3.8) is 0 Å². The van der Waals surface area contributed by atoms with Gasteiger partial charge < -0.3 is 9.64 Å². The molecule has 2 nitrogen and oxygen atoms in total. The molecule has 2 heterocycles. The summed E-state index contributed by atoms with van der Waals surface area (Å²) in [6, 6.07) is 72.1. The smallest absolute Gasteiger partial charge is 0.135 e. The molecule has 0 N–H and O–H groups in total. The molecule has 0 spiro atoms. The molecule has 1 aromatic heterocycles. The second kappa shape index (κ2) is 12.9. The summed E-state index contributed by atoms with van der Waals surface area (Å²) in [4.78, 5) is 2.44. The van der Waals surface area contributed by atoms with Crippen LogP contribution < -0.4 is 9.64 Å². The number of para-hydroxylation sites is 1. The molecule has 0 saturated carbocycles. The molecule has 0 saturated heterocycles. The topological polar surface area (TPSA) is 12.5 Å². The van der Waals surface area contributed by atoms with Crippen molar-refractivity contribution in [3.8, 4) is 56.0 Å². The summed E-state index contributed by atoms with van der Waals surface area (Å²) in [5.74, 6) is 1.72. The lowest BCUT2D eigenvalue weighted by atomic mass is 9.86. The van der Waals surface area contributed by atoms with Crippen molar-refractivity contribution in [2.75, 3.05) is 4.90 Å². The first-order valence-electron chi connectivity index (χ1n) is 18.7. The zero-order chi connectivity index (χ0) is 36.3. The van der Waals surface area contributed by atoms with Crippen LogP contribution in [0.3, 0.4) is 0 Å². The van der Waals surface area contributed by atoms with Crippen LogP contribution >= 0.6 is 11.3 Å². The highest BCUT2D eigenvalue weighted by molar-refractivity contribution is 7.26. The number of thiophene rings is 1. The monoisotopic (exact) mass is 719 g/mol. The Labute approximate surface area is 323 Å². The maximum Gasteiger partial charge on any atom is 0.135 e. The fraction of sp³-hybridized carbons (Fsp3) is 0. The van der Waals surface area contributed by atoms with Crippen LogP contribution in [0.1, 0.15) is 0 Å². The summed E-state index contributed by atoms with van der Waals surface area (Å²) in [5.41, 5.74) is 12.7. The average molecular weight is 720 g/mol. The molecule has 1 aliphatic rings. The molecule has 10 aromatic rings. The van der Waals surface area contributed by atoms with Crippen LogP contribution in [-0.4, -0.2) is 0 Å². The number of rotatable bonds is 5.